The molecule has 0 aromatic carbocycles. The van der Waals surface area contributed by atoms with Crippen LogP contribution in [0, 0.1) is 5.92 Å². The van der Waals surface area contributed by atoms with Crippen LogP contribution in [0.5, 0.6) is 0 Å². The zero-order chi connectivity index (χ0) is 10.6. The van der Waals surface area contributed by atoms with E-state index in [1.807, 2.05) is 0 Å². The van der Waals surface area contributed by atoms with Crippen LogP contribution in [0.25, 0.3) is 0 Å². The van der Waals surface area contributed by atoms with E-state index in [4.69, 9.17) is 5.11 Å². The van der Waals surface area contributed by atoms with E-state index in [0.29, 0.717) is 25.3 Å². The van der Waals surface area contributed by atoms with Gasteiger partial charge in [0, 0.05) is 25.9 Å². The van der Waals surface area contributed by atoms with E-state index in [9.17, 15) is 9.59 Å². The van der Waals surface area contributed by atoms with Crippen molar-refractivity contribution in [2.24, 2.45) is 5.92 Å². The number of nitrogens with zero attached hydrogens (tertiary/aromatic N) is 1. The molecule has 1 amide bonds. The monoisotopic (exact) mass is 199 g/mol. The van der Waals surface area contributed by atoms with Crippen molar-refractivity contribution < 1.29 is 14.7 Å². The van der Waals surface area contributed by atoms with E-state index in [1.165, 1.54) is 0 Å². The first kappa shape index (κ1) is 11.0. The standard InChI is InChI=1S/C10H17NO3/c1-2-8-6-9(12)11(7-8)5-3-4-10(13)14/h8H,2-7H2,1H3,(H,13,14). The minimum atomic E-state index is -0.788. The van der Waals surface area contributed by atoms with Gasteiger partial charge in [-0.2, -0.15) is 0 Å². The normalized spacial score (nSPS) is 21.6. The summed E-state index contributed by atoms with van der Waals surface area (Å²) in [7, 11) is 0. The lowest BCUT2D eigenvalue weighted by Gasteiger charge is -2.15. The van der Waals surface area contributed by atoms with Crippen LogP contribution < -0.4 is 0 Å². The van der Waals surface area contributed by atoms with E-state index >= 15 is 0 Å². The molecule has 1 unspecified atom stereocenters. The Hall–Kier alpha value is -1.06. The van der Waals surface area contributed by atoms with Crippen molar-refractivity contribution in [2.45, 2.75) is 32.6 Å². The fraction of sp³-hybridized carbons (Fsp3) is 0.800. The molecule has 4 heteroatoms. The number of likely N-dealkylation sites (tertiary alicyclic amines) is 1. The summed E-state index contributed by atoms with van der Waals surface area (Å²) in [6, 6.07) is 0. The highest BCUT2D eigenvalue weighted by molar-refractivity contribution is 5.78. The molecule has 0 radical (unpaired) electrons. The van der Waals surface area contributed by atoms with Crippen LogP contribution in [0.3, 0.4) is 0 Å². The molecule has 14 heavy (non-hydrogen) atoms. The minimum absolute atomic E-state index is 0.153. The first-order valence-corrected chi connectivity index (χ1v) is 5.13. The molecule has 0 aromatic rings. The Morgan fingerprint density at radius 3 is 2.86 bits per heavy atom. The number of hydrogen-bond acceptors (Lipinski definition) is 2. The Labute approximate surface area is 83.9 Å². The Bertz CT molecular complexity index is 227. The molecular weight excluding hydrogens is 182 g/mol. The lowest BCUT2D eigenvalue weighted by molar-refractivity contribution is -0.137. The van der Waals surface area contributed by atoms with Crippen LogP contribution in [0.1, 0.15) is 32.6 Å². The number of carbonyl (C=O) groups is 2. The summed E-state index contributed by atoms with van der Waals surface area (Å²) in [5.41, 5.74) is 0. The van der Waals surface area contributed by atoms with Gasteiger partial charge < -0.3 is 10.0 Å². The maximum absolute atomic E-state index is 11.4. The van der Waals surface area contributed by atoms with Crippen molar-refractivity contribution in [1.29, 1.82) is 0 Å². The fourth-order valence-corrected chi connectivity index (χ4v) is 1.76. The lowest BCUT2D eigenvalue weighted by Crippen LogP contribution is -2.26. The first-order chi connectivity index (χ1) is 6.63. The predicted octanol–water partition coefficient (Wildman–Crippen LogP) is 1.11. The number of rotatable bonds is 5. The maximum atomic E-state index is 11.4. The van der Waals surface area contributed by atoms with Gasteiger partial charge in [0.05, 0.1) is 0 Å². The average molecular weight is 199 g/mol. The number of aliphatic carboxylic acids is 1. The topological polar surface area (TPSA) is 57.6 Å². The van der Waals surface area contributed by atoms with Crippen molar-refractivity contribution in [1.82, 2.24) is 4.90 Å². The zero-order valence-corrected chi connectivity index (χ0v) is 8.53. The van der Waals surface area contributed by atoms with Gasteiger partial charge in [0.2, 0.25) is 5.91 Å². The number of carboxylic acids is 1. The summed E-state index contributed by atoms with van der Waals surface area (Å²) in [4.78, 5) is 23.5. The van der Waals surface area contributed by atoms with Gasteiger partial charge in [-0.15, -0.1) is 0 Å². The van der Waals surface area contributed by atoms with Gasteiger partial charge in [0.25, 0.3) is 0 Å². The SMILES string of the molecule is CCC1CC(=O)N(CCCC(=O)O)C1. The predicted molar refractivity (Wildman–Crippen MR) is 51.8 cm³/mol. The van der Waals surface area contributed by atoms with Crippen LogP contribution in [0.2, 0.25) is 0 Å². The largest absolute Gasteiger partial charge is 0.481 e. The number of carboxylic acid groups (broad SMARTS) is 1. The van der Waals surface area contributed by atoms with Crippen molar-refractivity contribution >= 4 is 11.9 Å². The molecule has 1 aliphatic heterocycles. The second kappa shape index (κ2) is 4.98. The van der Waals surface area contributed by atoms with Gasteiger partial charge >= 0.3 is 5.97 Å². The first-order valence-electron chi connectivity index (χ1n) is 5.13. The highest BCUT2D eigenvalue weighted by Gasteiger charge is 2.27. The van der Waals surface area contributed by atoms with Crippen LogP contribution in [-0.2, 0) is 9.59 Å². The van der Waals surface area contributed by atoms with Crippen molar-refractivity contribution in [3.05, 3.63) is 0 Å². The van der Waals surface area contributed by atoms with Crippen LogP contribution >= 0.6 is 0 Å². The average Bonchev–Trinajstić information content (AvgIpc) is 2.47. The molecule has 1 aliphatic rings. The Kier molecular flexibility index (Phi) is 3.92. The third kappa shape index (κ3) is 3.01. The summed E-state index contributed by atoms with van der Waals surface area (Å²) in [5.74, 6) is -0.127. The summed E-state index contributed by atoms with van der Waals surface area (Å²) in [5, 5.41) is 8.45. The molecule has 1 rings (SSSR count). The van der Waals surface area contributed by atoms with E-state index in [0.717, 1.165) is 13.0 Å². The lowest BCUT2D eigenvalue weighted by atomic mass is 10.1. The molecule has 0 bridgehead atoms. The maximum Gasteiger partial charge on any atom is 0.303 e. The van der Waals surface area contributed by atoms with E-state index in [1.54, 1.807) is 4.90 Å². The van der Waals surface area contributed by atoms with Gasteiger partial charge in [-0.25, -0.2) is 0 Å². The van der Waals surface area contributed by atoms with Gasteiger partial charge in [-0.3, -0.25) is 9.59 Å². The molecule has 0 spiro atoms. The third-order valence-electron chi connectivity index (χ3n) is 2.69. The molecule has 1 heterocycles. The van der Waals surface area contributed by atoms with E-state index in [2.05, 4.69) is 6.92 Å². The molecule has 4 nitrogen and oxygen atoms in total. The van der Waals surface area contributed by atoms with Crippen molar-refractivity contribution in [3.8, 4) is 0 Å². The smallest absolute Gasteiger partial charge is 0.303 e. The third-order valence-corrected chi connectivity index (χ3v) is 2.69. The second-order valence-electron chi connectivity index (χ2n) is 3.82. The summed E-state index contributed by atoms with van der Waals surface area (Å²) < 4.78 is 0. The minimum Gasteiger partial charge on any atom is -0.481 e. The number of hydrogen-bond donors (Lipinski definition) is 1. The van der Waals surface area contributed by atoms with E-state index in [-0.39, 0.29) is 12.3 Å². The Balaban J connectivity index is 2.25. The fourth-order valence-electron chi connectivity index (χ4n) is 1.76. The van der Waals surface area contributed by atoms with Gasteiger partial charge in [0.15, 0.2) is 0 Å². The van der Waals surface area contributed by atoms with Crippen molar-refractivity contribution in [3.63, 3.8) is 0 Å². The molecule has 0 saturated carbocycles. The second-order valence-corrected chi connectivity index (χ2v) is 3.82. The molecule has 1 atom stereocenters. The number of amides is 1. The van der Waals surface area contributed by atoms with Crippen LogP contribution in [0.4, 0.5) is 0 Å². The quantitative estimate of drug-likeness (QED) is 0.721. The molecule has 1 N–H and O–H groups in total. The molecule has 80 valence electrons. The number of carbonyl (C=O) groups excluding carboxylic acids is 1. The zero-order valence-electron chi connectivity index (χ0n) is 8.53. The van der Waals surface area contributed by atoms with Gasteiger partial charge in [-0.1, -0.05) is 13.3 Å². The summed E-state index contributed by atoms with van der Waals surface area (Å²) >= 11 is 0. The molecule has 0 aromatic heterocycles. The van der Waals surface area contributed by atoms with E-state index < -0.39 is 5.97 Å². The van der Waals surface area contributed by atoms with Gasteiger partial charge in [0.1, 0.15) is 0 Å². The Morgan fingerprint density at radius 2 is 2.36 bits per heavy atom. The molecule has 1 saturated heterocycles. The van der Waals surface area contributed by atoms with Crippen LogP contribution in [0.15, 0.2) is 0 Å². The van der Waals surface area contributed by atoms with Crippen molar-refractivity contribution in [2.75, 3.05) is 13.1 Å². The molecule has 1 fully saturated rings. The van der Waals surface area contributed by atoms with Gasteiger partial charge in [-0.05, 0) is 12.3 Å². The molecule has 0 aliphatic carbocycles. The highest BCUT2D eigenvalue weighted by atomic mass is 16.4. The highest BCUT2D eigenvalue weighted by Crippen LogP contribution is 2.20. The Morgan fingerprint density at radius 1 is 1.64 bits per heavy atom. The summed E-state index contributed by atoms with van der Waals surface area (Å²) in [6.45, 7) is 3.50. The van der Waals surface area contributed by atoms with Crippen LogP contribution in [-0.4, -0.2) is 35.0 Å². The molecular formula is C10H17NO3. The summed E-state index contributed by atoms with van der Waals surface area (Å²) in [6.07, 6.45) is 2.39.